The van der Waals surface area contributed by atoms with Crippen LogP contribution in [0.2, 0.25) is 0 Å². The number of rotatable bonds is 3. The molecule has 1 saturated heterocycles. The van der Waals surface area contributed by atoms with Crippen LogP contribution in [0.4, 0.5) is 11.4 Å². The van der Waals surface area contributed by atoms with Crippen LogP contribution in [-0.2, 0) is 0 Å². The molecule has 1 aliphatic rings. The molecule has 19 heavy (non-hydrogen) atoms. The van der Waals surface area contributed by atoms with Crippen molar-refractivity contribution in [3.05, 3.63) is 33.9 Å². The average Bonchev–Trinajstić information content (AvgIpc) is 2.83. The molecule has 1 atom stereocenters. The number of carbonyl (C=O) groups is 1. The van der Waals surface area contributed by atoms with Crippen LogP contribution >= 0.6 is 0 Å². The first-order chi connectivity index (χ1) is 9.04. The Morgan fingerprint density at radius 1 is 1.53 bits per heavy atom. The Bertz CT molecular complexity index is 516. The molecule has 1 N–H and O–H groups in total. The number of nitrogens with zero attached hydrogens (tertiary/aromatic N) is 2. The molecule has 0 aliphatic carbocycles. The maximum absolute atomic E-state index is 12.3. The van der Waals surface area contributed by atoms with Gasteiger partial charge in [-0.25, -0.2) is 0 Å². The minimum absolute atomic E-state index is 0.0199. The first-order valence-corrected chi connectivity index (χ1v) is 6.31. The molecule has 6 nitrogen and oxygen atoms in total. The number of nitrogens with one attached hydrogen (secondary N) is 1. The van der Waals surface area contributed by atoms with Crippen LogP contribution < -0.4 is 5.32 Å². The highest BCUT2D eigenvalue weighted by atomic mass is 16.6. The van der Waals surface area contributed by atoms with E-state index in [1.54, 1.807) is 13.1 Å². The van der Waals surface area contributed by atoms with Crippen LogP contribution in [0.3, 0.4) is 0 Å². The fourth-order valence-electron chi connectivity index (χ4n) is 2.43. The fourth-order valence-corrected chi connectivity index (χ4v) is 2.43. The molecular weight excluding hydrogens is 246 g/mol. The van der Waals surface area contributed by atoms with E-state index >= 15 is 0 Å². The standard InChI is InChI=1S/C13H17N3O3/c1-9-4-3-7-15(9)13(17)10-5-6-12(16(18)19)11(8-10)14-2/h5-6,8-9,14H,3-4,7H2,1-2H3. The molecule has 0 bridgehead atoms. The predicted octanol–water partition coefficient (Wildman–Crippen LogP) is 2.26. The van der Waals surface area contributed by atoms with Crippen molar-refractivity contribution in [3.8, 4) is 0 Å². The molecule has 0 radical (unpaired) electrons. The number of nitro groups is 1. The first kappa shape index (κ1) is 13.3. The zero-order valence-electron chi connectivity index (χ0n) is 11.0. The van der Waals surface area contributed by atoms with Crippen LogP contribution in [0.25, 0.3) is 0 Å². The van der Waals surface area contributed by atoms with E-state index in [2.05, 4.69) is 5.32 Å². The fraction of sp³-hybridized carbons (Fsp3) is 0.462. The van der Waals surface area contributed by atoms with E-state index in [4.69, 9.17) is 0 Å². The van der Waals surface area contributed by atoms with Crippen LogP contribution in [0.15, 0.2) is 18.2 Å². The SMILES string of the molecule is CNc1cc(C(=O)N2CCCC2C)ccc1[N+](=O)[O-]. The molecule has 0 aromatic heterocycles. The van der Waals surface area contributed by atoms with Gasteiger partial charge in [-0.3, -0.25) is 14.9 Å². The van der Waals surface area contributed by atoms with Crippen LogP contribution in [0.5, 0.6) is 0 Å². The Kier molecular flexibility index (Phi) is 3.69. The molecule has 1 heterocycles. The molecule has 2 rings (SSSR count). The van der Waals surface area contributed by atoms with Crippen LogP contribution in [0.1, 0.15) is 30.1 Å². The molecule has 0 spiro atoms. The monoisotopic (exact) mass is 263 g/mol. The molecule has 1 unspecified atom stereocenters. The van der Waals surface area contributed by atoms with Gasteiger partial charge in [0.25, 0.3) is 11.6 Å². The number of nitro benzene ring substituents is 1. The normalized spacial score (nSPS) is 18.4. The van der Waals surface area contributed by atoms with Gasteiger partial charge < -0.3 is 10.2 Å². The minimum Gasteiger partial charge on any atom is -0.383 e. The number of amides is 1. The Labute approximate surface area is 111 Å². The highest BCUT2D eigenvalue weighted by molar-refractivity contribution is 5.96. The number of hydrogen-bond donors (Lipinski definition) is 1. The molecule has 1 fully saturated rings. The molecule has 102 valence electrons. The van der Waals surface area contributed by atoms with E-state index in [9.17, 15) is 14.9 Å². The Morgan fingerprint density at radius 3 is 2.79 bits per heavy atom. The number of carbonyl (C=O) groups excluding carboxylic acids is 1. The third-order valence-corrected chi connectivity index (χ3v) is 3.52. The van der Waals surface area contributed by atoms with E-state index in [0.717, 1.165) is 19.4 Å². The number of benzene rings is 1. The molecule has 1 aromatic rings. The van der Waals surface area contributed by atoms with Crippen LogP contribution in [-0.4, -0.2) is 35.4 Å². The summed E-state index contributed by atoms with van der Waals surface area (Å²) in [6.07, 6.45) is 2.02. The van der Waals surface area contributed by atoms with Crippen molar-refractivity contribution in [1.29, 1.82) is 0 Å². The highest BCUT2D eigenvalue weighted by Gasteiger charge is 2.27. The van der Waals surface area contributed by atoms with Gasteiger partial charge in [-0.15, -0.1) is 0 Å². The van der Waals surface area contributed by atoms with Gasteiger partial charge in [-0.05, 0) is 31.9 Å². The summed E-state index contributed by atoms with van der Waals surface area (Å²) in [4.78, 5) is 24.5. The topological polar surface area (TPSA) is 75.5 Å². The Balaban J connectivity index is 2.30. The zero-order valence-corrected chi connectivity index (χ0v) is 11.0. The second-order valence-corrected chi connectivity index (χ2v) is 4.73. The summed E-state index contributed by atoms with van der Waals surface area (Å²) in [5.41, 5.74) is 0.833. The third-order valence-electron chi connectivity index (χ3n) is 3.52. The maximum Gasteiger partial charge on any atom is 0.292 e. The predicted molar refractivity (Wildman–Crippen MR) is 72.4 cm³/mol. The van der Waals surface area contributed by atoms with E-state index in [1.807, 2.05) is 11.8 Å². The van der Waals surface area contributed by atoms with Crippen molar-refractivity contribution in [2.45, 2.75) is 25.8 Å². The van der Waals surface area contributed by atoms with Gasteiger partial charge in [0, 0.05) is 31.3 Å². The quantitative estimate of drug-likeness (QED) is 0.670. The largest absolute Gasteiger partial charge is 0.383 e. The van der Waals surface area contributed by atoms with E-state index in [-0.39, 0.29) is 17.6 Å². The summed E-state index contributed by atoms with van der Waals surface area (Å²) in [6.45, 7) is 2.78. The summed E-state index contributed by atoms with van der Waals surface area (Å²) < 4.78 is 0. The van der Waals surface area contributed by atoms with Gasteiger partial charge in [0.05, 0.1) is 4.92 Å². The van der Waals surface area contributed by atoms with Crippen molar-refractivity contribution in [1.82, 2.24) is 4.90 Å². The van der Waals surface area contributed by atoms with Crippen molar-refractivity contribution >= 4 is 17.3 Å². The summed E-state index contributed by atoms with van der Waals surface area (Å²) in [5.74, 6) is -0.0589. The highest BCUT2D eigenvalue weighted by Crippen LogP contribution is 2.27. The van der Waals surface area contributed by atoms with Crippen molar-refractivity contribution in [2.24, 2.45) is 0 Å². The van der Waals surface area contributed by atoms with Crippen molar-refractivity contribution in [3.63, 3.8) is 0 Å². The van der Waals surface area contributed by atoms with Gasteiger partial charge in [0.1, 0.15) is 5.69 Å². The van der Waals surface area contributed by atoms with E-state index in [0.29, 0.717) is 11.3 Å². The van der Waals surface area contributed by atoms with Gasteiger partial charge in [-0.1, -0.05) is 0 Å². The molecule has 1 amide bonds. The van der Waals surface area contributed by atoms with E-state index in [1.165, 1.54) is 12.1 Å². The summed E-state index contributed by atoms with van der Waals surface area (Å²) in [7, 11) is 1.61. The lowest BCUT2D eigenvalue weighted by atomic mass is 10.1. The third kappa shape index (κ3) is 2.52. The van der Waals surface area contributed by atoms with Crippen molar-refractivity contribution in [2.75, 3.05) is 18.9 Å². The second-order valence-electron chi connectivity index (χ2n) is 4.73. The lowest BCUT2D eigenvalue weighted by Crippen LogP contribution is -2.33. The molecular formula is C13H17N3O3. The minimum atomic E-state index is -0.460. The van der Waals surface area contributed by atoms with Crippen LogP contribution in [0, 0.1) is 10.1 Å². The summed E-state index contributed by atoms with van der Waals surface area (Å²) >= 11 is 0. The maximum atomic E-state index is 12.3. The molecule has 0 saturated carbocycles. The summed E-state index contributed by atoms with van der Waals surface area (Å²) in [6, 6.07) is 4.68. The first-order valence-electron chi connectivity index (χ1n) is 6.31. The Hall–Kier alpha value is -2.11. The van der Waals surface area contributed by atoms with Gasteiger partial charge in [0.15, 0.2) is 0 Å². The van der Waals surface area contributed by atoms with Gasteiger partial charge >= 0.3 is 0 Å². The number of hydrogen-bond acceptors (Lipinski definition) is 4. The number of anilines is 1. The lowest BCUT2D eigenvalue weighted by molar-refractivity contribution is -0.383. The number of likely N-dealkylation sites (tertiary alicyclic amines) is 1. The van der Waals surface area contributed by atoms with Gasteiger partial charge in [-0.2, -0.15) is 0 Å². The molecule has 1 aromatic carbocycles. The van der Waals surface area contributed by atoms with E-state index < -0.39 is 4.92 Å². The average molecular weight is 263 g/mol. The zero-order chi connectivity index (χ0) is 14.0. The molecule has 6 heteroatoms. The lowest BCUT2D eigenvalue weighted by Gasteiger charge is -2.21. The smallest absolute Gasteiger partial charge is 0.292 e. The van der Waals surface area contributed by atoms with Gasteiger partial charge in [0.2, 0.25) is 0 Å². The molecule has 1 aliphatic heterocycles. The van der Waals surface area contributed by atoms with Crippen molar-refractivity contribution < 1.29 is 9.72 Å². The second kappa shape index (κ2) is 5.26. The summed E-state index contributed by atoms with van der Waals surface area (Å²) in [5, 5.41) is 13.6. The Morgan fingerprint density at radius 2 is 2.26 bits per heavy atom.